The highest BCUT2D eigenvalue weighted by Gasteiger charge is 2.16. The maximum absolute atomic E-state index is 11.7. The van der Waals surface area contributed by atoms with Gasteiger partial charge in [-0.05, 0) is 37.6 Å². The van der Waals surface area contributed by atoms with E-state index in [1.165, 1.54) is 0 Å². The number of benzene rings is 2. The van der Waals surface area contributed by atoms with Crippen LogP contribution in [-0.4, -0.2) is 27.3 Å². The van der Waals surface area contributed by atoms with Gasteiger partial charge in [0.1, 0.15) is 0 Å². The van der Waals surface area contributed by atoms with E-state index in [-0.39, 0.29) is 5.91 Å². The molecule has 0 saturated carbocycles. The second-order valence-corrected chi connectivity index (χ2v) is 5.83. The highest BCUT2D eigenvalue weighted by Crippen LogP contribution is 2.27. The van der Waals surface area contributed by atoms with Crippen molar-refractivity contribution in [3.05, 3.63) is 54.1 Å². The Morgan fingerprint density at radius 2 is 1.96 bits per heavy atom. The van der Waals surface area contributed by atoms with E-state index in [4.69, 9.17) is 4.74 Å². The predicted octanol–water partition coefficient (Wildman–Crippen LogP) is 3.99. The molecule has 0 radical (unpaired) electrons. The van der Waals surface area contributed by atoms with Gasteiger partial charge in [-0.1, -0.05) is 37.3 Å². The first kappa shape index (κ1) is 17.7. The number of rotatable bonds is 6. The molecule has 3 rings (SSSR count). The zero-order valence-electron chi connectivity index (χ0n) is 15.2. The fourth-order valence-corrected chi connectivity index (χ4v) is 2.63. The van der Waals surface area contributed by atoms with E-state index in [0.717, 1.165) is 22.5 Å². The molecule has 0 bridgehead atoms. The molecule has 2 aromatic carbocycles. The fourth-order valence-electron chi connectivity index (χ4n) is 2.63. The Balaban J connectivity index is 2.08. The lowest BCUT2D eigenvalue weighted by atomic mass is 10.1. The molecular formula is C20H22N4O2. The molecule has 6 heteroatoms. The van der Waals surface area contributed by atoms with Crippen molar-refractivity contribution in [1.82, 2.24) is 14.8 Å². The summed E-state index contributed by atoms with van der Waals surface area (Å²) in [5.74, 6) is 0.667. The Kier molecular flexibility index (Phi) is 5.31. The van der Waals surface area contributed by atoms with Crippen LogP contribution in [0.15, 0.2) is 48.5 Å². The van der Waals surface area contributed by atoms with Crippen LogP contribution >= 0.6 is 0 Å². The summed E-state index contributed by atoms with van der Waals surface area (Å²) in [6.45, 7) is 6.24. The van der Waals surface area contributed by atoms with Gasteiger partial charge < -0.3 is 10.1 Å². The summed E-state index contributed by atoms with van der Waals surface area (Å²) in [7, 11) is 0. The summed E-state index contributed by atoms with van der Waals surface area (Å²) in [4.78, 5) is 16.2. The molecule has 1 heterocycles. The summed E-state index contributed by atoms with van der Waals surface area (Å²) in [6, 6.07) is 15.9. The van der Waals surface area contributed by atoms with Crippen LogP contribution in [0.3, 0.4) is 0 Å². The second kappa shape index (κ2) is 7.82. The van der Waals surface area contributed by atoms with Crippen LogP contribution in [0.2, 0.25) is 0 Å². The SMILES string of the molecule is CCOc1nc(-c2ccccc2C)n(-c2cccc(NC(=O)CC)c2)n1. The lowest BCUT2D eigenvalue weighted by Gasteiger charge is -2.10. The molecular weight excluding hydrogens is 328 g/mol. The van der Waals surface area contributed by atoms with Crippen molar-refractivity contribution >= 4 is 11.6 Å². The van der Waals surface area contributed by atoms with Gasteiger partial charge in [-0.25, -0.2) is 4.68 Å². The molecule has 0 spiro atoms. The van der Waals surface area contributed by atoms with Crippen LogP contribution in [0.1, 0.15) is 25.8 Å². The molecule has 134 valence electrons. The lowest BCUT2D eigenvalue weighted by Crippen LogP contribution is -2.10. The number of aromatic nitrogens is 3. The van der Waals surface area contributed by atoms with E-state index in [2.05, 4.69) is 15.4 Å². The van der Waals surface area contributed by atoms with E-state index in [1.807, 2.05) is 69.3 Å². The van der Waals surface area contributed by atoms with E-state index in [9.17, 15) is 4.79 Å². The van der Waals surface area contributed by atoms with Gasteiger partial charge in [0.05, 0.1) is 12.3 Å². The highest BCUT2D eigenvalue weighted by atomic mass is 16.5. The third-order valence-electron chi connectivity index (χ3n) is 3.94. The Bertz CT molecular complexity index is 918. The maximum Gasteiger partial charge on any atom is 0.336 e. The van der Waals surface area contributed by atoms with Crippen molar-refractivity contribution in [1.29, 1.82) is 0 Å². The van der Waals surface area contributed by atoms with E-state index >= 15 is 0 Å². The van der Waals surface area contributed by atoms with Gasteiger partial charge in [-0.3, -0.25) is 4.79 Å². The first-order chi connectivity index (χ1) is 12.6. The lowest BCUT2D eigenvalue weighted by molar-refractivity contribution is -0.115. The van der Waals surface area contributed by atoms with Gasteiger partial charge in [0.25, 0.3) is 0 Å². The number of carbonyl (C=O) groups excluding carboxylic acids is 1. The minimum atomic E-state index is -0.0325. The largest absolute Gasteiger partial charge is 0.463 e. The molecule has 0 unspecified atom stereocenters. The Morgan fingerprint density at radius 1 is 1.15 bits per heavy atom. The molecule has 0 aliphatic rings. The van der Waals surface area contributed by atoms with Crippen molar-refractivity contribution in [3.63, 3.8) is 0 Å². The molecule has 1 N–H and O–H groups in total. The number of anilines is 1. The number of hydrogen-bond donors (Lipinski definition) is 1. The van der Waals surface area contributed by atoms with Gasteiger partial charge in [-0.15, -0.1) is 5.10 Å². The number of nitrogens with zero attached hydrogens (tertiary/aromatic N) is 3. The summed E-state index contributed by atoms with van der Waals surface area (Å²) >= 11 is 0. The van der Waals surface area contributed by atoms with Gasteiger partial charge in [0.15, 0.2) is 5.82 Å². The third-order valence-corrected chi connectivity index (χ3v) is 3.94. The smallest absolute Gasteiger partial charge is 0.336 e. The Hall–Kier alpha value is -3.15. The van der Waals surface area contributed by atoms with Crippen LogP contribution < -0.4 is 10.1 Å². The van der Waals surface area contributed by atoms with Crippen LogP contribution in [0.25, 0.3) is 17.1 Å². The first-order valence-electron chi connectivity index (χ1n) is 8.68. The van der Waals surface area contributed by atoms with E-state index < -0.39 is 0 Å². The molecule has 3 aromatic rings. The molecule has 1 amide bonds. The normalized spacial score (nSPS) is 10.6. The maximum atomic E-state index is 11.7. The summed E-state index contributed by atoms with van der Waals surface area (Å²) in [6.07, 6.45) is 0.427. The number of ether oxygens (including phenoxy) is 1. The quantitative estimate of drug-likeness (QED) is 0.730. The molecule has 0 aliphatic carbocycles. The van der Waals surface area contributed by atoms with Gasteiger partial charge in [0, 0.05) is 17.7 Å². The van der Waals surface area contributed by atoms with Crippen LogP contribution in [0.4, 0.5) is 5.69 Å². The van der Waals surface area contributed by atoms with Gasteiger partial charge in [0.2, 0.25) is 5.91 Å². The minimum absolute atomic E-state index is 0.0325. The highest BCUT2D eigenvalue weighted by molar-refractivity contribution is 5.90. The monoisotopic (exact) mass is 350 g/mol. The molecule has 0 aliphatic heterocycles. The van der Waals surface area contributed by atoms with E-state index in [0.29, 0.717) is 24.9 Å². The van der Waals surface area contributed by atoms with Crippen LogP contribution in [-0.2, 0) is 4.79 Å². The molecule has 0 atom stereocenters. The standard InChI is InChI=1S/C20H22N4O2/c1-4-18(25)21-15-10-8-11-16(13-15)24-19(22-20(23-24)26-5-2)17-12-7-6-9-14(17)3/h6-13H,4-5H2,1-3H3,(H,21,25). The Morgan fingerprint density at radius 3 is 2.69 bits per heavy atom. The molecule has 26 heavy (non-hydrogen) atoms. The minimum Gasteiger partial charge on any atom is -0.463 e. The molecule has 1 aromatic heterocycles. The summed E-state index contributed by atoms with van der Waals surface area (Å²) in [5, 5.41) is 7.37. The number of amides is 1. The van der Waals surface area contributed by atoms with Gasteiger partial charge >= 0.3 is 6.01 Å². The second-order valence-electron chi connectivity index (χ2n) is 5.83. The fraction of sp³-hybridized carbons (Fsp3) is 0.250. The summed E-state index contributed by atoms with van der Waals surface area (Å²) in [5.41, 5.74) is 3.60. The number of hydrogen-bond acceptors (Lipinski definition) is 4. The average molecular weight is 350 g/mol. The third kappa shape index (κ3) is 3.74. The van der Waals surface area contributed by atoms with Crippen molar-refractivity contribution < 1.29 is 9.53 Å². The van der Waals surface area contributed by atoms with Crippen molar-refractivity contribution in [2.75, 3.05) is 11.9 Å². The Labute approximate surface area is 152 Å². The number of aryl methyl sites for hydroxylation is 1. The number of carbonyl (C=O) groups is 1. The number of nitrogens with one attached hydrogen (secondary N) is 1. The zero-order valence-corrected chi connectivity index (χ0v) is 15.2. The van der Waals surface area contributed by atoms with Gasteiger partial charge in [-0.2, -0.15) is 4.98 Å². The van der Waals surface area contributed by atoms with Crippen molar-refractivity contribution in [2.45, 2.75) is 27.2 Å². The predicted molar refractivity (Wildman–Crippen MR) is 102 cm³/mol. The molecule has 6 nitrogen and oxygen atoms in total. The van der Waals surface area contributed by atoms with Crippen molar-refractivity contribution in [2.24, 2.45) is 0 Å². The van der Waals surface area contributed by atoms with Crippen LogP contribution in [0.5, 0.6) is 6.01 Å². The molecule has 0 fully saturated rings. The van der Waals surface area contributed by atoms with E-state index in [1.54, 1.807) is 4.68 Å². The van der Waals surface area contributed by atoms with Crippen LogP contribution in [0, 0.1) is 6.92 Å². The zero-order chi connectivity index (χ0) is 18.5. The molecule has 0 saturated heterocycles. The van der Waals surface area contributed by atoms with Crippen molar-refractivity contribution in [3.8, 4) is 23.1 Å². The topological polar surface area (TPSA) is 69.0 Å². The average Bonchev–Trinajstić information content (AvgIpc) is 3.06. The first-order valence-corrected chi connectivity index (χ1v) is 8.68. The summed E-state index contributed by atoms with van der Waals surface area (Å²) < 4.78 is 7.25.